The maximum absolute atomic E-state index is 13.2. The molecule has 0 bridgehead atoms. The van der Waals surface area contributed by atoms with Crippen molar-refractivity contribution in [3.63, 3.8) is 0 Å². The van der Waals surface area contributed by atoms with Crippen LogP contribution in [0, 0.1) is 19.7 Å². The van der Waals surface area contributed by atoms with Crippen LogP contribution in [0.3, 0.4) is 0 Å². The number of hydrogen-bond acceptors (Lipinski definition) is 2. The van der Waals surface area contributed by atoms with Gasteiger partial charge < -0.3 is 0 Å². The van der Waals surface area contributed by atoms with Crippen LogP contribution < -0.4 is 4.72 Å². The lowest BCUT2D eigenvalue weighted by Gasteiger charge is -2.12. The smallest absolute Gasteiger partial charge is 0.211 e. The van der Waals surface area contributed by atoms with Gasteiger partial charge in [0.05, 0.1) is 4.90 Å². The highest BCUT2D eigenvalue weighted by molar-refractivity contribution is 7.89. The van der Waals surface area contributed by atoms with Gasteiger partial charge in [0.1, 0.15) is 5.82 Å². The van der Waals surface area contributed by atoms with Crippen LogP contribution >= 0.6 is 11.6 Å². The molecule has 108 valence electrons. The molecule has 0 aliphatic carbocycles. The Morgan fingerprint density at radius 2 is 1.84 bits per heavy atom. The Labute approximate surface area is 119 Å². The molecule has 0 spiro atoms. The van der Waals surface area contributed by atoms with Gasteiger partial charge >= 0.3 is 0 Å². The van der Waals surface area contributed by atoms with Crippen LogP contribution in [0.5, 0.6) is 0 Å². The van der Waals surface area contributed by atoms with Crippen molar-refractivity contribution < 1.29 is 12.8 Å². The van der Waals surface area contributed by atoms with Crippen LogP contribution in [-0.2, 0) is 10.0 Å². The van der Waals surface area contributed by atoms with E-state index in [0.29, 0.717) is 24.1 Å². The lowest BCUT2D eigenvalue weighted by atomic mass is 10.1. The Bertz CT molecular complexity index is 521. The van der Waals surface area contributed by atoms with Crippen LogP contribution in [0.2, 0.25) is 0 Å². The monoisotopic (exact) mass is 307 g/mol. The van der Waals surface area contributed by atoms with Crippen molar-refractivity contribution in [2.24, 2.45) is 0 Å². The van der Waals surface area contributed by atoms with Gasteiger partial charge in [-0.3, -0.25) is 0 Å². The minimum Gasteiger partial charge on any atom is -0.211 e. The molecule has 1 rings (SSSR count). The Morgan fingerprint density at radius 1 is 1.32 bits per heavy atom. The summed E-state index contributed by atoms with van der Waals surface area (Å²) in [6.45, 7) is 5.37. The van der Waals surface area contributed by atoms with E-state index in [0.717, 1.165) is 6.42 Å². The number of alkyl halides is 1. The van der Waals surface area contributed by atoms with Gasteiger partial charge in [-0.15, -0.1) is 11.6 Å². The van der Waals surface area contributed by atoms with E-state index in [1.165, 1.54) is 12.1 Å². The standard InChI is InChI=1S/C13H19ClFNO2S/c1-9-7-12(15)8-10(2)13(9)19(17,18)16-6-4-5-11(3)14/h7-8,11,16H,4-6H2,1-3H3. The number of rotatable bonds is 6. The molecule has 1 atom stereocenters. The van der Waals surface area contributed by atoms with Crippen LogP contribution in [-0.4, -0.2) is 20.3 Å². The molecule has 0 fully saturated rings. The van der Waals surface area contributed by atoms with Gasteiger partial charge in [0.15, 0.2) is 0 Å². The summed E-state index contributed by atoms with van der Waals surface area (Å²) in [6, 6.07) is 2.45. The molecule has 0 heterocycles. The fraction of sp³-hybridized carbons (Fsp3) is 0.538. The number of aryl methyl sites for hydroxylation is 2. The van der Waals surface area contributed by atoms with Gasteiger partial charge in [0.2, 0.25) is 10.0 Å². The zero-order valence-corrected chi connectivity index (χ0v) is 12.9. The molecule has 0 aliphatic heterocycles. The second kappa shape index (κ2) is 6.68. The minimum absolute atomic E-state index is 0.0267. The van der Waals surface area contributed by atoms with Crippen molar-refractivity contribution in [2.45, 2.75) is 43.9 Å². The molecule has 0 amide bonds. The highest BCUT2D eigenvalue weighted by atomic mass is 35.5. The molecule has 0 aliphatic rings. The van der Waals surface area contributed by atoms with E-state index < -0.39 is 15.8 Å². The Morgan fingerprint density at radius 3 is 2.32 bits per heavy atom. The van der Waals surface area contributed by atoms with Crippen molar-refractivity contribution in [1.29, 1.82) is 0 Å². The van der Waals surface area contributed by atoms with Crippen LogP contribution in [0.4, 0.5) is 4.39 Å². The summed E-state index contributed by atoms with van der Waals surface area (Å²) in [5.74, 6) is -0.426. The normalized spacial score (nSPS) is 13.5. The van der Waals surface area contributed by atoms with Crippen molar-refractivity contribution in [1.82, 2.24) is 4.72 Å². The topological polar surface area (TPSA) is 46.2 Å². The van der Waals surface area contributed by atoms with Gasteiger partial charge in [0.25, 0.3) is 0 Å². The first-order chi connectivity index (χ1) is 8.74. The average molecular weight is 308 g/mol. The number of halogens is 2. The molecular weight excluding hydrogens is 289 g/mol. The number of nitrogens with one attached hydrogen (secondary N) is 1. The third-order valence-corrected chi connectivity index (χ3v) is 4.75. The van der Waals surface area contributed by atoms with Gasteiger partial charge in [0, 0.05) is 11.9 Å². The fourth-order valence-electron chi connectivity index (χ4n) is 1.98. The summed E-state index contributed by atoms with van der Waals surface area (Å²) < 4.78 is 40.0. The highest BCUT2D eigenvalue weighted by Gasteiger charge is 2.19. The van der Waals surface area contributed by atoms with E-state index >= 15 is 0 Å². The lowest BCUT2D eigenvalue weighted by Crippen LogP contribution is -2.26. The van der Waals surface area contributed by atoms with E-state index in [4.69, 9.17) is 11.6 Å². The van der Waals surface area contributed by atoms with E-state index in [-0.39, 0.29) is 10.3 Å². The van der Waals surface area contributed by atoms with Gasteiger partial charge in [-0.2, -0.15) is 0 Å². The Hall–Kier alpha value is -0.650. The number of benzene rings is 1. The van der Waals surface area contributed by atoms with Crippen molar-refractivity contribution >= 4 is 21.6 Å². The first kappa shape index (κ1) is 16.4. The van der Waals surface area contributed by atoms with Crippen molar-refractivity contribution in [3.8, 4) is 0 Å². The zero-order valence-electron chi connectivity index (χ0n) is 11.3. The predicted molar refractivity (Wildman–Crippen MR) is 75.6 cm³/mol. The van der Waals surface area contributed by atoms with Crippen molar-refractivity contribution in [3.05, 3.63) is 29.1 Å². The molecule has 0 radical (unpaired) electrons. The summed E-state index contributed by atoms with van der Waals surface area (Å²) in [4.78, 5) is 0.160. The van der Waals surface area contributed by atoms with E-state index in [1.54, 1.807) is 13.8 Å². The third-order valence-electron chi connectivity index (χ3n) is 2.76. The summed E-state index contributed by atoms with van der Waals surface area (Å²) >= 11 is 5.79. The first-order valence-electron chi connectivity index (χ1n) is 6.14. The largest absolute Gasteiger partial charge is 0.241 e. The van der Waals surface area contributed by atoms with Crippen LogP contribution in [0.1, 0.15) is 30.9 Å². The van der Waals surface area contributed by atoms with Crippen LogP contribution in [0.25, 0.3) is 0 Å². The van der Waals surface area contributed by atoms with E-state index in [1.807, 2.05) is 6.92 Å². The van der Waals surface area contributed by atoms with Gasteiger partial charge in [-0.25, -0.2) is 17.5 Å². The molecule has 0 saturated carbocycles. The Balaban J connectivity index is 2.84. The quantitative estimate of drug-likeness (QED) is 0.648. The molecule has 1 unspecified atom stereocenters. The third kappa shape index (κ3) is 4.75. The SMILES string of the molecule is Cc1cc(F)cc(C)c1S(=O)(=O)NCCCC(C)Cl. The second-order valence-corrected chi connectivity index (χ2v) is 7.14. The maximum Gasteiger partial charge on any atom is 0.241 e. The molecule has 1 N–H and O–H groups in total. The van der Waals surface area contributed by atoms with Gasteiger partial charge in [-0.1, -0.05) is 0 Å². The highest BCUT2D eigenvalue weighted by Crippen LogP contribution is 2.21. The maximum atomic E-state index is 13.2. The molecule has 19 heavy (non-hydrogen) atoms. The average Bonchev–Trinajstić information content (AvgIpc) is 2.22. The molecule has 3 nitrogen and oxygen atoms in total. The van der Waals surface area contributed by atoms with Crippen LogP contribution in [0.15, 0.2) is 17.0 Å². The molecule has 6 heteroatoms. The molecule has 1 aromatic carbocycles. The second-order valence-electron chi connectivity index (χ2n) is 4.69. The summed E-state index contributed by atoms with van der Waals surface area (Å²) in [5.41, 5.74) is 0.825. The van der Waals surface area contributed by atoms with E-state index in [9.17, 15) is 12.8 Å². The predicted octanol–water partition coefficient (Wildman–Crippen LogP) is 3.13. The first-order valence-corrected chi connectivity index (χ1v) is 8.06. The number of sulfonamides is 1. The molecule has 1 aromatic rings. The molecule has 0 aromatic heterocycles. The number of hydrogen-bond donors (Lipinski definition) is 1. The fourth-order valence-corrected chi connectivity index (χ4v) is 3.66. The van der Waals surface area contributed by atoms with Gasteiger partial charge in [-0.05, 0) is 56.9 Å². The Kier molecular flexibility index (Phi) is 5.77. The van der Waals surface area contributed by atoms with Crippen molar-refractivity contribution in [2.75, 3.05) is 6.54 Å². The minimum atomic E-state index is -3.60. The molecule has 0 saturated heterocycles. The summed E-state index contributed by atoms with van der Waals surface area (Å²) in [6.07, 6.45) is 1.41. The summed E-state index contributed by atoms with van der Waals surface area (Å²) in [7, 11) is -3.60. The zero-order chi connectivity index (χ0) is 14.6. The lowest BCUT2D eigenvalue weighted by molar-refractivity contribution is 0.573. The van der Waals surface area contributed by atoms with E-state index in [2.05, 4.69) is 4.72 Å². The summed E-state index contributed by atoms with van der Waals surface area (Å²) in [5, 5.41) is 0.0267. The molecular formula is C13H19ClFNO2S.